The van der Waals surface area contributed by atoms with E-state index < -0.39 is 0 Å². The Bertz CT molecular complexity index is 797. The molecule has 0 radical (unpaired) electrons. The van der Waals surface area contributed by atoms with Crippen LogP contribution in [0.3, 0.4) is 0 Å². The summed E-state index contributed by atoms with van der Waals surface area (Å²) in [6.45, 7) is 0. The summed E-state index contributed by atoms with van der Waals surface area (Å²) in [6.07, 6.45) is 4.55. The maximum Gasteiger partial charge on any atom is 0.238 e. The minimum atomic E-state index is 0.502. The van der Waals surface area contributed by atoms with Crippen molar-refractivity contribution < 1.29 is 4.42 Å². The predicted octanol–water partition coefficient (Wildman–Crippen LogP) is 0.451. The van der Waals surface area contributed by atoms with Gasteiger partial charge in [-0.1, -0.05) is 0 Å². The molecule has 0 aliphatic carbocycles. The normalized spacial score (nSPS) is 11.5. The summed E-state index contributed by atoms with van der Waals surface area (Å²) in [5, 5.41) is 12.5. The summed E-state index contributed by atoms with van der Waals surface area (Å²) in [4.78, 5) is 9.62. The molecule has 0 saturated carbocycles. The first-order valence-electron chi connectivity index (χ1n) is 4.87. The highest BCUT2D eigenvalue weighted by Crippen LogP contribution is 2.13. The molecule has 4 aromatic rings. The third-order valence-electron chi connectivity index (χ3n) is 2.37. The smallest absolute Gasteiger partial charge is 0.238 e. The Morgan fingerprint density at radius 2 is 2.18 bits per heavy atom. The van der Waals surface area contributed by atoms with Crippen LogP contribution in [0.5, 0.6) is 0 Å². The van der Waals surface area contributed by atoms with Crippen LogP contribution in [0.15, 0.2) is 35.5 Å². The fourth-order valence-corrected chi connectivity index (χ4v) is 1.63. The zero-order valence-corrected chi connectivity index (χ0v) is 8.43. The Morgan fingerprint density at radius 1 is 1.18 bits per heavy atom. The van der Waals surface area contributed by atoms with Crippen LogP contribution in [-0.4, -0.2) is 34.6 Å². The van der Waals surface area contributed by atoms with Crippen molar-refractivity contribution in [1.29, 1.82) is 0 Å². The van der Waals surface area contributed by atoms with Crippen LogP contribution in [0.4, 0.5) is 0 Å². The lowest BCUT2D eigenvalue weighted by Crippen LogP contribution is -1.95. The average Bonchev–Trinajstić information content (AvgIpc) is 3.08. The average molecular weight is 227 g/mol. The number of fused-ring (bicyclic) bond motifs is 3. The molecule has 0 aliphatic heterocycles. The molecular formula is C9H5N7O. The van der Waals surface area contributed by atoms with Crippen LogP contribution >= 0.6 is 0 Å². The first-order valence-corrected chi connectivity index (χ1v) is 4.87. The zero-order chi connectivity index (χ0) is 11.2. The summed E-state index contributed by atoms with van der Waals surface area (Å²) in [5.41, 5.74) is 1.70. The van der Waals surface area contributed by atoms with Gasteiger partial charge in [0.2, 0.25) is 11.5 Å². The molecule has 0 unspecified atom stereocenters. The highest BCUT2D eigenvalue weighted by Gasteiger charge is 2.12. The number of furan rings is 1. The molecule has 0 aromatic carbocycles. The Balaban J connectivity index is 2.09. The lowest BCUT2D eigenvalue weighted by atomic mass is 10.5. The first-order chi connectivity index (χ1) is 8.42. The van der Waals surface area contributed by atoms with Crippen LogP contribution < -0.4 is 0 Å². The second-order valence-electron chi connectivity index (χ2n) is 3.39. The second kappa shape index (κ2) is 2.88. The van der Waals surface area contributed by atoms with Gasteiger partial charge >= 0.3 is 0 Å². The highest BCUT2D eigenvalue weighted by molar-refractivity contribution is 5.83. The number of nitrogens with zero attached hydrogens (tertiary/aromatic N) is 7. The van der Waals surface area contributed by atoms with E-state index in [-0.39, 0.29) is 0 Å². The Morgan fingerprint density at radius 3 is 3.06 bits per heavy atom. The third kappa shape index (κ3) is 1.08. The van der Waals surface area contributed by atoms with Crippen molar-refractivity contribution in [2.45, 2.75) is 0 Å². The lowest BCUT2D eigenvalue weighted by Gasteiger charge is -1.89. The van der Waals surface area contributed by atoms with Gasteiger partial charge in [-0.05, 0) is 6.07 Å². The van der Waals surface area contributed by atoms with Gasteiger partial charge in [0.15, 0.2) is 11.2 Å². The number of hydrogen-bond donors (Lipinski definition) is 0. The van der Waals surface area contributed by atoms with E-state index in [1.807, 2.05) is 0 Å². The van der Waals surface area contributed by atoms with Gasteiger partial charge in [-0.2, -0.15) is 5.10 Å². The summed E-state index contributed by atoms with van der Waals surface area (Å²) >= 11 is 0. The van der Waals surface area contributed by atoms with Gasteiger partial charge in [-0.3, -0.25) is 0 Å². The number of aromatic nitrogens is 7. The van der Waals surface area contributed by atoms with E-state index in [4.69, 9.17) is 4.42 Å². The number of hydrogen-bond acceptors (Lipinski definition) is 6. The fraction of sp³-hybridized carbons (Fsp3) is 0. The molecular weight excluding hydrogens is 222 g/mol. The van der Waals surface area contributed by atoms with Crippen molar-refractivity contribution in [2.24, 2.45) is 0 Å². The highest BCUT2D eigenvalue weighted by atomic mass is 16.3. The van der Waals surface area contributed by atoms with E-state index in [9.17, 15) is 0 Å². The minimum Gasteiger partial charge on any atom is -0.445 e. The Labute approximate surface area is 93.5 Å². The SMILES string of the molecule is c1coc(-n2nc3ncn4ncnc4c3n2)c1. The van der Waals surface area contributed by atoms with Crippen LogP contribution in [0.2, 0.25) is 0 Å². The van der Waals surface area contributed by atoms with Crippen LogP contribution in [0, 0.1) is 0 Å². The van der Waals surface area contributed by atoms with E-state index in [1.54, 1.807) is 29.2 Å². The van der Waals surface area contributed by atoms with Crippen molar-refractivity contribution in [1.82, 2.24) is 34.6 Å². The Hall–Kier alpha value is -2.77. The fourth-order valence-electron chi connectivity index (χ4n) is 1.63. The quantitative estimate of drug-likeness (QED) is 0.469. The molecule has 8 heteroatoms. The zero-order valence-electron chi connectivity index (χ0n) is 8.43. The van der Waals surface area contributed by atoms with Gasteiger partial charge in [0.05, 0.1) is 6.26 Å². The molecule has 0 bridgehead atoms. The molecule has 4 rings (SSSR count). The van der Waals surface area contributed by atoms with Crippen LogP contribution in [-0.2, 0) is 0 Å². The monoisotopic (exact) mass is 227 g/mol. The summed E-state index contributed by atoms with van der Waals surface area (Å²) in [5.74, 6) is 0.528. The van der Waals surface area contributed by atoms with E-state index >= 15 is 0 Å². The van der Waals surface area contributed by atoms with E-state index in [0.717, 1.165) is 0 Å². The summed E-state index contributed by atoms with van der Waals surface area (Å²) < 4.78 is 6.76. The van der Waals surface area contributed by atoms with Crippen LogP contribution in [0.25, 0.3) is 22.7 Å². The molecule has 0 atom stereocenters. The molecule has 0 N–H and O–H groups in total. The van der Waals surface area contributed by atoms with E-state index in [2.05, 4.69) is 25.3 Å². The van der Waals surface area contributed by atoms with E-state index in [0.29, 0.717) is 22.7 Å². The predicted molar refractivity (Wildman–Crippen MR) is 55.5 cm³/mol. The van der Waals surface area contributed by atoms with Crippen LogP contribution in [0.1, 0.15) is 0 Å². The third-order valence-corrected chi connectivity index (χ3v) is 2.37. The molecule has 8 nitrogen and oxygen atoms in total. The van der Waals surface area contributed by atoms with Crippen molar-refractivity contribution >= 4 is 16.8 Å². The second-order valence-corrected chi connectivity index (χ2v) is 3.39. The molecule has 82 valence electrons. The van der Waals surface area contributed by atoms with Gasteiger partial charge in [-0.15, -0.1) is 15.0 Å². The molecule has 0 amide bonds. The van der Waals surface area contributed by atoms with Crippen molar-refractivity contribution in [3.8, 4) is 5.88 Å². The summed E-state index contributed by atoms with van der Waals surface area (Å²) in [7, 11) is 0. The van der Waals surface area contributed by atoms with Gasteiger partial charge < -0.3 is 4.42 Å². The van der Waals surface area contributed by atoms with Gasteiger partial charge in [0.1, 0.15) is 12.7 Å². The van der Waals surface area contributed by atoms with Crippen molar-refractivity contribution in [2.75, 3.05) is 0 Å². The van der Waals surface area contributed by atoms with E-state index in [1.165, 1.54) is 11.1 Å². The molecule has 4 heterocycles. The molecule has 4 aromatic heterocycles. The lowest BCUT2D eigenvalue weighted by molar-refractivity contribution is 0.502. The minimum absolute atomic E-state index is 0.502. The standard InChI is InChI=1S/C9H5N7O/c1-2-6(17-3-1)16-13-7-8(14-16)11-5-15-9(7)10-4-12-15/h1-5H. The largest absolute Gasteiger partial charge is 0.445 e. The van der Waals surface area contributed by atoms with Gasteiger partial charge in [-0.25, -0.2) is 14.5 Å². The molecule has 0 fully saturated rings. The van der Waals surface area contributed by atoms with Crippen molar-refractivity contribution in [3.05, 3.63) is 31.1 Å². The number of rotatable bonds is 1. The molecule has 0 aliphatic rings. The molecule has 0 saturated heterocycles. The summed E-state index contributed by atoms with van der Waals surface area (Å²) in [6, 6.07) is 3.53. The van der Waals surface area contributed by atoms with Gasteiger partial charge in [0.25, 0.3) is 0 Å². The Kier molecular flexibility index (Phi) is 1.42. The van der Waals surface area contributed by atoms with Crippen molar-refractivity contribution in [3.63, 3.8) is 0 Å². The first kappa shape index (κ1) is 8.39. The molecule has 17 heavy (non-hydrogen) atoms. The maximum atomic E-state index is 5.21. The topological polar surface area (TPSA) is 86.9 Å². The maximum absolute atomic E-state index is 5.21. The van der Waals surface area contributed by atoms with Gasteiger partial charge in [0, 0.05) is 6.07 Å². The molecule has 0 spiro atoms.